The van der Waals surface area contributed by atoms with E-state index >= 15 is 0 Å². The summed E-state index contributed by atoms with van der Waals surface area (Å²) in [6, 6.07) is 19.5. The van der Waals surface area contributed by atoms with Crippen molar-refractivity contribution in [1.29, 1.82) is 0 Å². The number of aromatic nitrogens is 4. The van der Waals surface area contributed by atoms with E-state index in [1.165, 1.54) is 0 Å². The standard InChI is InChI=1S/C25H20N4O2S/c1-16-7-8-20-19(14-23(30)31-22(20)13-16)15-32-25-28-27-24(18-9-11-26-12-10-18)29(25)21-6-4-3-5-17(21)2/h3-14H,15H2,1-2H3. The lowest BCUT2D eigenvalue weighted by molar-refractivity contribution is 0.559. The Hall–Kier alpha value is -3.71. The van der Waals surface area contributed by atoms with Crippen molar-refractivity contribution in [2.24, 2.45) is 0 Å². The average Bonchev–Trinajstić information content (AvgIpc) is 3.21. The second-order valence-corrected chi connectivity index (χ2v) is 8.49. The lowest BCUT2D eigenvalue weighted by atomic mass is 10.1. The van der Waals surface area contributed by atoms with Gasteiger partial charge < -0.3 is 4.42 Å². The lowest BCUT2D eigenvalue weighted by Gasteiger charge is -2.13. The minimum absolute atomic E-state index is 0.350. The van der Waals surface area contributed by atoms with Crippen LogP contribution in [-0.4, -0.2) is 19.7 Å². The minimum atomic E-state index is -0.350. The first-order chi connectivity index (χ1) is 15.6. The predicted molar refractivity (Wildman–Crippen MR) is 126 cm³/mol. The second-order valence-electron chi connectivity index (χ2n) is 7.54. The lowest BCUT2D eigenvalue weighted by Crippen LogP contribution is -2.03. The maximum Gasteiger partial charge on any atom is 0.336 e. The third kappa shape index (κ3) is 3.83. The fourth-order valence-corrected chi connectivity index (χ4v) is 4.62. The number of para-hydroxylation sites is 1. The molecule has 0 spiro atoms. The normalized spacial score (nSPS) is 11.2. The van der Waals surface area contributed by atoms with Crippen LogP contribution in [0.25, 0.3) is 28.0 Å². The van der Waals surface area contributed by atoms with Crippen LogP contribution in [0, 0.1) is 13.8 Å². The molecule has 0 saturated carbocycles. The summed E-state index contributed by atoms with van der Waals surface area (Å²) >= 11 is 1.54. The van der Waals surface area contributed by atoms with Crippen LogP contribution < -0.4 is 5.63 Å². The summed E-state index contributed by atoms with van der Waals surface area (Å²) in [4.78, 5) is 16.2. The quantitative estimate of drug-likeness (QED) is 0.271. The van der Waals surface area contributed by atoms with Crippen molar-refractivity contribution in [1.82, 2.24) is 19.7 Å². The Morgan fingerprint density at radius 2 is 1.78 bits per heavy atom. The van der Waals surface area contributed by atoms with E-state index in [-0.39, 0.29) is 5.63 Å². The molecule has 5 rings (SSSR count). The predicted octanol–water partition coefficient (Wildman–Crippen LogP) is 5.34. The van der Waals surface area contributed by atoms with E-state index < -0.39 is 0 Å². The number of hydrogen-bond donors (Lipinski definition) is 0. The van der Waals surface area contributed by atoms with E-state index in [1.807, 2.05) is 49.4 Å². The van der Waals surface area contributed by atoms with Crippen LogP contribution in [0.2, 0.25) is 0 Å². The maximum atomic E-state index is 12.1. The highest BCUT2D eigenvalue weighted by molar-refractivity contribution is 7.98. The Morgan fingerprint density at radius 3 is 2.59 bits per heavy atom. The number of hydrogen-bond acceptors (Lipinski definition) is 6. The highest BCUT2D eigenvalue weighted by Crippen LogP contribution is 2.32. The number of fused-ring (bicyclic) bond motifs is 1. The van der Waals surface area contributed by atoms with E-state index in [0.29, 0.717) is 11.3 Å². The Labute approximate surface area is 189 Å². The third-order valence-electron chi connectivity index (χ3n) is 5.27. The van der Waals surface area contributed by atoms with Crippen LogP contribution in [0.3, 0.4) is 0 Å². The summed E-state index contributed by atoms with van der Waals surface area (Å²) in [5, 5.41) is 10.7. The van der Waals surface area contributed by atoms with Crippen molar-refractivity contribution in [2.75, 3.05) is 0 Å². The van der Waals surface area contributed by atoms with Gasteiger partial charge in [0, 0.05) is 35.2 Å². The molecule has 0 aliphatic rings. The van der Waals surface area contributed by atoms with Crippen molar-refractivity contribution in [3.63, 3.8) is 0 Å². The Morgan fingerprint density at radius 1 is 0.969 bits per heavy atom. The SMILES string of the molecule is Cc1ccc2c(CSc3nnc(-c4ccncc4)n3-c3ccccc3C)cc(=O)oc2c1. The van der Waals surface area contributed by atoms with Gasteiger partial charge >= 0.3 is 5.63 Å². The molecule has 5 aromatic rings. The van der Waals surface area contributed by atoms with E-state index in [9.17, 15) is 4.79 Å². The van der Waals surface area contributed by atoms with Crippen LogP contribution in [0.5, 0.6) is 0 Å². The zero-order valence-corrected chi connectivity index (χ0v) is 18.5. The zero-order chi connectivity index (χ0) is 22.1. The number of pyridine rings is 1. The Balaban J connectivity index is 1.58. The molecule has 0 aliphatic heterocycles. The number of nitrogens with zero attached hydrogens (tertiary/aromatic N) is 4. The molecule has 0 fully saturated rings. The van der Waals surface area contributed by atoms with Gasteiger partial charge in [0.15, 0.2) is 11.0 Å². The van der Waals surface area contributed by atoms with E-state index in [0.717, 1.165) is 44.3 Å². The molecule has 0 radical (unpaired) electrons. The molecular weight excluding hydrogens is 420 g/mol. The first kappa shape index (κ1) is 20.2. The molecule has 0 aliphatic carbocycles. The van der Waals surface area contributed by atoms with Gasteiger partial charge in [-0.15, -0.1) is 10.2 Å². The highest BCUT2D eigenvalue weighted by atomic mass is 32.2. The van der Waals surface area contributed by atoms with Gasteiger partial charge in [-0.25, -0.2) is 4.79 Å². The minimum Gasteiger partial charge on any atom is -0.423 e. The molecule has 7 heteroatoms. The summed E-state index contributed by atoms with van der Waals surface area (Å²) in [6.45, 7) is 4.05. The van der Waals surface area contributed by atoms with E-state index in [2.05, 4.69) is 38.8 Å². The van der Waals surface area contributed by atoms with E-state index in [1.54, 1.807) is 30.2 Å². The molecule has 6 nitrogen and oxygen atoms in total. The van der Waals surface area contributed by atoms with Gasteiger partial charge in [0.1, 0.15) is 5.58 Å². The summed E-state index contributed by atoms with van der Waals surface area (Å²) in [5.74, 6) is 1.31. The molecule has 0 saturated heterocycles. The molecule has 0 bridgehead atoms. The monoisotopic (exact) mass is 440 g/mol. The van der Waals surface area contributed by atoms with Gasteiger partial charge in [-0.3, -0.25) is 9.55 Å². The van der Waals surface area contributed by atoms with Crippen molar-refractivity contribution in [3.8, 4) is 17.1 Å². The van der Waals surface area contributed by atoms with Crippen LogP contribution in [0.15, 0.2) is 87.4 Å². The Bertz CT molecular complexity index is 1470. The molecule has 3 aromatic heterocycles. The maximum absolute atomic E-state index is 12.1. The summed E-state index contributed by atoms with van der Waals surface area (Å²) in [7, 11) is 0. The van der Waals surface area contributed by atoms with Gasteiger partial charge in [-0.2, -0.15) is 0 Å². The van der Waals surface area contributed by atoms with Crippen LogP contribution in [0.4, 0.5) is 0 Å². The highest BCUT2D eigenvalue weighted by Gasteiger charge is 2.18. The Kier molecular flexibility index (Phi) is 5.33. The number of aryl methyl sites for hydroxylation is 2. The van der Waals surface area contributed by atoms with Crippen LogP contribution in [0.1, 0.15) is 16.7 Å². The van der Waals surface area contributed by atoms with Crippen molar-refractivity contribution in [2.45, 2.75) is 24.8 Å². The number of thioether (sulfide) groups is 1. The number of benzene rings is 2. The van der Waals surface area contributed by atoms with Crippen LogP contribution >= 0.6 is 11.8 Å². The molecule has 0 amide bonds. The molecule has 0 unspecified atom stereocenters. The van der Waals surface area contributed by atoms with Crippen molar-refractivity contribution in [3.05, 3.63) is 100 Å². The topological polar surface area (TPSA) is 73.8 Å². The second kappa shape index (κ2) is 8.43. The van der Waals surface area contributed by atoms with E-state index in [4.69, 9.17) is 4.42 Å². The fourth-order valence-electron chi connectivity index (χ4n) is 3.68. The molecule has 3 heterocycles. The van der Waals surface area contributed by atoms with Crippen LogP contribution in [-0.2, 0) is 5.75 Å². The smallest absolute Gasteiger partial charge is 0.336 e. The number of rotatable bonds is 5. The third-order valence-corrected chi connectivity index (χ3v) is 6.25. The fraction of sp³-hybridized carbons (Fsp3) is 0.120. The molecule has 0 atom stereocenters. The van der Waals surface area contributed by atoms with Gasteiger partial charge in [-0.05, 0) is 54.8 Å². The first-order valence-electron chi connectivity index (χ1n) is 10.2. The molecule has 2 aromatic carbocycles. The first-order valence-corrected chi connectivity index (χ1v) is 11.2. The van der Waals surface area contributed by atoms with Gasteiger partial charge in [-0.1, -0.05) is 42.1 Å². The summed E-state index contributed by atoms with van der Waals surface area (Å²) in [6.07, 6.45) is 3.49. The molecule has 0 N–H and O–H groups in total. The molecule has 32 heavy (non-hydrogen) atoms. The average molecular weight is 441 g/mol. The summed E-state index contributed by atoms with van der Waals surface area (Å²) < 4.78 is 7.46. The molecule has 158 valence electrons. The largest absolute Gasteiger partial charge is 0.423 e. The van der Waals surface area contributed by atoms with Crippen molar-refractivity contribution >= 4 is 22.7 Å². The van der Waals surface area contributed by atoms with Gasteiger partial charge in [0.2, 0.25) is 0 Å². The summed E-state index contributed by atoms with van der Waals surface area (Å²) in [5.41, 5.74) is 5.27. The van der Waals surface area contributed by atoms with Crippen molar-refractivity contribution < 1.29 is 4.42 Å². The molecular formula is C25H20N4O2S. The van der Waals surface area contributed by atoms with Gasteiger partial charge in [0.05, 0.1) is 5.69 Å². The zero-order valence-electron chi connectivity index (χ0n) is 17.6. The van der Waals surface area contributed by atoms with Gasteiger partial charge in [0.25, 0.3) is 0 Å².